The van der Waals surface area contributed by atoms with Crippen LogP contribution < -0.4 is 5.32 Å². The maximum absolute atomic E-state index is 10.1. The van der Waals surface area contributed by atoms with Crippen LogP contribution in [0, 0.1) is 0 Å². The van der Waals surface area contributed by atoms with E-state index in [2.05, 4.69) is 5.32 Å². The van der Waals surface area contributed by atoms with Gasteiger partial charge in [0.1, 0.15) is 6.54 Å². The quantitative estimate of drug-likeness (QED) is 0.685. The van der Waals surface area contributed by atoms with E-state index in [-0.39, 0.29) is 57.9 Å². The molecule has 0 amide bonds. The third-order valence-corrected chi connectivity index (χ3v) is 1.22. The van der Waals surface area contributed by atoms with E-state index in [4.69, 9.17) is 5.11 Å². The Kier molecular flexibility index (Phi) is 6.69. The van der Waals surface area contributed by atoms with Gasteiger partial charge < -0.3 is 10.4 Å². The monoisotopic (exact) mass is 191 g/mol. The summed E-state index contributed by atoms with van der Waals surface area (Å²) in [5.74, 6) is -0.853. The summed E-state index contributed by atoms with van der Waals surface area (Å²) in [4.78, 5) is 10.1. The number of anilines is 1. The summed E-state index contributed by atoms with van der Waals surface area (Å²) in [5.41, 5.74) is 0.829. The van der Waals surface area contributed by atoms with Crippen molar-refractivity contribution in [2.24, 2.45) is 0 Å². The second kappa shape index (κ2) is 6.62. The number of carbonyl (C=O) groups is 1. The number of aliphatic carboxylic acids is 1. The average molecular weight is 191 g/mol. The van der Waals surface area contributed by atoms with E-state index < -0.39 is 5.97 Å². The molecule has 0 saturated carbocycles. The fourth-order valence-electron chi connectivity index (χ4n) is 0.734. The Hall–Kier alpha value is 0.126. The van der Waals surface area contributed by atoms with E-state index in [1.165, 1.54) is 0 Å². The van der Waals surface area contributed by atoms with E-state index in [9.17, 15) is 4.79 Å². The van der Waals surface area contributed by atoms with E-state index in [1.54, 1.807) is 0 Å². The van der Waals surface area contributed by atoms with Gasteiger partial charge in [0.2, 0.25) is 0 Å². The Morgan fingerprint density at radius 1 is 1.33 bits per heavy atom. The molecular formula is C8H10KNO2. The van der Waals surface area contributed by atoms with E-state index in [1.807, 2.05) is 30.3 Å². The molecule has 12 heavy (non-hydrogen) atoms. The van der Waals surface area contributed by atoms with Crippen molar-refractivity contribution in [1.82, 2.24) is 0 Å². The van der Waals surface area contributed by atoms with Gasteiger partial charge in [0, 0.05) is 5.69 Å². The molecule has 0 unspecified atom stereocenters. The first kappa shape index (κ1) is 12.1. The first-order valence-electron chi connectivity index (χ1n) is 3.30. The van der Waals surface area contributed by atoms with Gasteiger partial charge in [-0.2, -0.15) is 0 Å². The predicted molar refractivity (Wildman–Crippen MR) is 49.7 cm³/mol. The van der Waals surface area contributed by atoms with Crippen LogP contribution in [-0.4, -0.2) is 69.0 Å². The number of carboxylic acids is 1. The Bertz CT molecular complexity index is 238. The molecule has 60 valence electrons. The number of para-hydroxylation sites is 1. The fraction of sp³-hybridized carbons (Fsp3) is 0.125. The molecule has 0 aromatic heterocycles. The average Bonchev–Trinajstić information content (AvgIpc) is 2.03. The Morgan fingerprint density at radius 3 is 2.42 bits per heavy atom. The van der Waals surface area contributed by atoms with Crippen molar-refractivity contribution in [3.05, 3.63) is 30.3 Å². The van der Waals surface area contributed by atoms with E-state index >= 15 is 0 Å². The maximum atomic E-state index is 10.1. The minimum atomic E-state index is -0.853. The van der Waals surface area contributed by atoms with Crippen molar-refractivity contribution >= 4 is 63.0 Å². The SMILES string of the molecule is O=C(O)CNc1ccccc1.[KH]. The standard InChI is InChI=1S/C8H9NO2.K.H/c10-8(11)6-9-7-4-2-1-3-5-7;;/h1-5,9H,6H2,(H,10,11);;. The minimum absolute atomic E-state index is 0. The third-order valence-electron chi connectivity index (χ3n) is 1.22. The van der Waals surface area contributed by atoms with Gasteiger partial charge in [-0.1, -0.05) is 18.2 Å². The second-order valence-electron chi connectivity index (χ2n) is 2.11. The van der Waals surface area contributed by atoms with E-state index in [0.717, 1.165) is 5.69 Å². The van der Waals surface area contributed by atoms with Gasteiger partial charge in [-0.05, 0) is 12.1 Å². The molecule has 0 aliphatic carbocycles. The molecule has 0 spiro atoms. The number of hydrogen-bond acceptors (Lipinski definition) is 2. The molecule has 1 aromatic rings. The molecule has 2 N–H and O–H groups in total. The molecule has 0 aliphatic heterocycles. The third kappa shape index (κ3) is 4.90. The molecule has 0 fully saturated rings. The summed E-state index contributed by atoms with van der Waals surface area (Å²) >= 11 is 0. The van der Waals surface area contributed by atoms with Crippen molar-refractivity contribution in [3.63, 3.8) is 0 Å². The first-order valence-corrected chi connectivity index (χ1v) is 3.30. The van der Waals surface area contributed by atoms with Crippen molar-refractivity contribution in [3.8, 4) is 0 Å². The van der Waals surface area contributed by atoms with Crippen LogP contribution in [0.2, 0.25) is 0 Å². The van der Waals surface area contributed by atoms with Gasteiger partial charge >= 0.3 is 57.4 Å². The van der Waals surface area contributed by atoms with Crippen molar-refractivity contribution in [2.45, 2.75) is 0 Å². The molecule has 1 aromatic carbocycles. The van der Waals surface area contributed by atoms with Gasteiger partial charge in [0.15, 0.2) is 0 Å². The summed E-state index contributed by atoms with van der Waals surface area (Å²) < 4.78 is 0. The van der Waals surface area contributed by atoms with E-state index in [0.29, 0.717) is 0 Å². The Morgan fingerprint density at radius 2 is 1.92 bits per heavy atom. The van der Waals surface area contributed by atoms with Gasteiger partial charge in [-0.15, -0.1) is 0 Å². The number of carboxylic acid groups (broad SMARTS) is 1. The summed E-state index contributed by atoms with van der Waals surface area (Å²) in [6.45, 7) is -0.0377. The fourth-order valence-corrected chi connectivity index (χ4v) is 0.734. The second-order valence-corrected chi connectivity index (χ2v) is 2.11. The number of nitrogens with one attached hydrogen (secondary N) is 1. The van der Waals surface area contributed by atoms with Crippen LogP contribution in [0.25, 0.3) is 0 Å². The molecule has 0 heterocycles. The summed E-state index contributed by atoms with van der Waals surface area (Å²) in [7, 11) is 0. The zero-order valence-corrected chi connectivity index (χ0v) is 5.95. The predicted octanol–water partition coefficient (Wildman–Crippen LogP) is 0.535. The van der Waals surface area contributed by atoms with Crippen molar-refractivity contribution in [2.75, 3.05) is 11.9 Å². The van der Waals surface area contributed by atoms with Crippen LogP contribution in [0.3, 0.4) is 0 Å². The molecule has 0 bridgehead atoms. The molecule has 0 saturated heterocycles. The van der Waals surface area contributed by atoms with Crippen molar-refractivity contribution in [1.29, 1.82) is 0 Å². The summed E-state index contributed by atoms with van der Waals surface area (Å²) in [5, 5.41) is 11.1. The molecule has 0 radical (unpaired) electrons. The number of hydrogen-bond donors (Lipinski definition) is 2. The Balaban J connectivity index is 0.00000121. The van der Waals surface area contributed by atoms with Crippen LogP contribution in [0.15, 0.2) is 30.3 Å². The van der Waals surface area contributed by atoms with Crippen LogP contribution >= 0.6 is 0 Å². The number of rotatable bonds is 3. The van der Waals surface area contributed by atoms with Gasteiger partial charge in [-0.3, -0.25) is 4.79 Å². The zero-order valence-electron chi connectivity index (χ0n) is 5.95. The summed E-state index contributed by atoms with van der Waals surface area (Å²) in [6.07, 6.45) is 0. The number of benzene rings is 1. The molecule has 4 heteroatoms. The van der Waals surface area contributed by atoms with Gasteiger partial charge in [0.25, 0.3) is 0 Å². The van der Waals surface area contributed by atoms with Crippen LogP contribution in [0.1, 0.15) is 0 Å². The molecule has 0 atom stereocenters. The molecule has 3 nitrogen and oxygen atoms in total. The van der Waals surface area contributed by atoms with Gasteiger partial charge in [0.05, 0.1) is 0 Å². The molecule has 0 aliphatic rings. The Labute approximate surface area is 114 Å². The van der Waals surface area contributed by atoms with Gasteiger partial charge in [-0.25, -0.2) is 0 Å². The van der Waals surface area contributed by atoms with Crippen LogP contribution in [0.4, 0.5) is 5.69 Å². The zero-order chi connectivity index (χ0) is 8.10. The first-order chi connectivity index (χ1) is 5.29. The topological polar surface area (TPSA) is 49.3 Å². The van der Waals surface area contributed by atoms with Crippen LogP contribution in [-0.2, 0) is 4.79 Å². The van der Waals surface area contributed by atoms with Crippen LogP contribution in [0.5, 0.6) is 0 Å². The summed E-state index contributed by atoms with van der Waals surface area (Å²) in [6, 6.07) is 9.23. The normalized spacial score (nSPS) is 8.33. The molecular weight excluding hydrogens is 181 g/mol. The van der Waals surface area contributed by atoms with Crippen molar-refractivity contribution < 1.29 is 9.90 Å². The molecule has 1 rings (SSSR count).